The Hall–Kier alpha value is -1.63. The maximum Gasteiger partial charge on any atom is 0.325 e. The molecular formula is C14H24N2O5. The molecule has 0 bridgehead atoms. The summed E-state index contributed by atoms with van der Waals surface area (Å²) >= 11 is 0. The molecule has 4 N–H and O–H groups in total. The molecule has 0 aliphatic heterocycles. The van der Waals surface area contributed by atoms with Gasteiger partial charge in [0.2, 0.25) is 11.8 Å². The zero-order valence-corrected chi connectivity index (χ0v) is 12.3. The smallest absolute Gasteiger partial charge is 0.325 e. The minimum absolute atomic E-state index is 0.134. The number of carbonyl (C=O) groups is 3. The largest absolute Gasteiger partial charge is 0.480 e. The van der Waals surface area contributed by atoms with E-state index in [0.717, 1.165) is 25.7 Å². The molecule has 0 unspecified atom stereocenters. The van der Waals surface area contributed by atoms with Crippen LogP contribution < -0.4 is 10.8 Å². The molecule has 7 nitrogen and oxygen atoms in total. The molecule has 1 fully saturated rings. The molecule has 0 aromatic heterocycles. The molecule has 1 saturated carbocycles. The average molecular weight is 300 g/mol. The number of hydroxylamine groups is 1. The predicted molar refractivity (Wildman–Crippen MR) is 74.5 cm³/mol. The van der Waals surface area contributed by atoms with Crippen molar-refractivity contribution in [2.75, 3.05) is 0 Å². The maximum atomic E-state index is 12.1. The third-order valence-corrected chi connectivity index (χ3v) is 4.00. The highest BCUT2D eigenvalue weighted by Gasteiger charge is 2.28. The molecule has 1 aliphatic rings. The normalized spacial score (nSPS) is 18.6. The summed E-state index contributed by atoms with van der Waals surface area (Å²) in [4.78, 5) is 34.3. The van der Waals surface area contributed by atoms with Gasteiger partial charge in [-0.3, -0.25) is 19.6 Å². The monoisotopic (exact) mass is 300 g/mol. The lowest BCUT2D eigenvalue weighted by atomic mass is 9.81. The lowest BCUT2D eigenvalue weighted by Gasteiger charge is -2.26. The fourth-order valence-corrected chi connectivity index (χ4v) is 2.77. The SMILES string of the molecule is C[C@H](NC(=O)[C@H](CC(=O)NO)CC1CCCCC1)C(=O)O. The van der Waals surface area contributed by atoms with Crippen LogP contribution in [0.2, 0.25) is 0 Å². The molecule has 2 atom stereocenters. The second kappa shape index (κ2) is 8.61. The van der Waals surface area contributed by atoms with Gasteiger partial charge in [-0.1, -0.05) is 32.1 Å². The number of hydrogen-bond acceptors (Lipinski definition) is 4. The van der Waals surface area contributed by atoms with E-state index in [0.29, 0.717) is 12.3 Å². The summed E-state index contributed by atoms with van der Waals surface area (Å²) in [5, 5.41) is 19.8. The Bertz CT molecular complexity index is 380. The van der Waals surface area contributed by atoms with Crippen molar-refractivity contribution in [2.45, 2.75) is 57.9 Å². The zero-order chi connectivity index (χ0) is 15.8. The Morgan fingerprint density at radius 2 is 1.81 bits per heavy atom. The van der Waals surface area contributed by atoms with Crippen LogP contribution in [0, 0.1) is 11.8 Å². The van der Waals surface area contributed by atoms with E-state index in [9.17, 15) is 14.4 Å². The van der Waals surface area contributed by atoms with Gasteiger partial charge in [-0.15, -0.1) is 0 Å². The summed E-state index contributed by atoms with van der Waals surface area (Å²) in [5.74, 6) is -2.43. The van der Waals surface area contributed by atoms with E-state index in [1.165, 1.54) is 18.8 Å². The van der Waals surface area contributed by atoms with Gasteiger partial charge in [-0.05, 0) is 19.3 Å². The average Bonchev–Trinajstić information content (AvgIpc) is 2.47. The van der Waals surface area contributed by atoms with E-state index in [1.807, 2.05) is 0 Å². The van der Waals surface area contributed by atoms with E-state index in [-0.39, 0.29) is 6.42 Å². The number of carbonyl (C=O) groups excluding carboxylic acids is 2. The fraction of sp³-hybridized carbons (Fsp3) is 0.786. The number of rotatable bonds is 7. The van der Waals surface area contributed by atoms with E-state index in [2.05, 4.69) is 5.32 Å². The van der Waals surface area contributed by atoms with Crippen molar-refractivity contribution < 1.29 is 24.7 Å². The Labute approximate surface area is 124 Å². The number of aliphatic carboxylic acids is 1. The Morgan fingerprint density at radius 1 is 1.19 bits per heavy atom. The summed E-state index contributed by atoms with van der Waals surface area (Å²) in [7, 11) is 0. The molecule has 120 valence electrons. The lowest BCUT2D eigenvalue weighted by molar-refractivity contribution is -0.142. The summed E-state index contributed by atoms with van der Waals surface area (Å²) in [6, 6.07) is -0.997. The van der Waals surface area contributed by atoms with Crippen molar-refractivity contribution in [1.82, 2.24) is 10.8 Å². The molecule has 1 rings (SSSR count). The molecule has 0 heterocycles. The first kappa shape index (κ1) is 17.4. The quantitative estimate of drug-likeness (QED) is 0.414. The van der Waals surface area contributed by atoms with Gasteiger partial charge >= 0.3 is 5.97 Å². The second-order valence-electron chi connectivity index (χ2n) is 5.74. The van der Waals surface area contributed by atoms with Gasteiger partial charge in [0.1, 0.15) is 6.04 Å². The highest BCUT2D eigenvalue weighted by molar-refractivity contribution is 5.88. The van der Waals surface area contributed by atoms with Gasteiger partial charge in [0.05, 0.1) is 0 Å². The molecule has 7 heteroatoms. The molecular weight excluding hydrogens is 276 g/mol. The number of nitrogens with one attached hydrogen (secondary N) is 2. The standard InChI is InChI=1S/C14H24N2O5/c1-9(14(19)20)15-13(18)11(8-12(17)16-21)7-10-5-3-2-4-6-10/h9-11,21H,2-8H2,1H3,(H,15,18)(H,16,17)(H,19,20)/t9-,11-/m0/s1. The zero-order valence-electron chi connectivity index (χ0n) is 12.3. The van der Waals surface area contributed by atoms with Crippen molar-refractivity contribution in [3.63, 3.8) is 0 Å². The molecule has 0 saturated heterocycles. The van der Waals surface area contributed by atoms with Crippen LogP contribution in [0.15, 0.2) is 0 Å². The number of carboxylic acids is 1. The van der Waals surface area contributed by atoms with Gasteiger partial charge in [0, 0.05) is 12.3 Å². The number of hydrogen-bond donors (Lipinski definition) is 4. The lowest BCUT2D eigenvalue weighted by Crippen LogP contribution is -2.43. The van der Waals surface area contributed by atoms with Crippen molar-refractivity contribution in [2.24, 2.45) is 11.8 Å². The third-order valence-electron chi connectivity index (χ3n) is 4.00. The first-order chi connectivity index (χ1) is 9.93. The molecule has 2 amide bonds. The van der Waals surface area contributed by atoms with Crippen LogP contribution in [0.25, 0.3) is 0 Å². The Balaban J connectivity index is 2.63. The minimum Gasteiger partial charge on any atom is -0.480 e. The number of carboxylic acid groups (broad SMARTS) is 1. The molecule has 0 spiro atoms. The molecule has 0 radical (unpaired) electrons. The van der Waals surface area contributed by atoms with Gasteiger partial charge in [0.25, 0.3) is 0 Å². The van der Waals surface area contributed by atoms with E-state index in [4.69, 9.17) is 10.3 Å². The molecule has 21 heavy (non-hydrogen) atoms. The van der Waals surface area contributed by atoms with Crippen LogP contribution in [0.5, 0.6) is 0 Å². The van der Waals surface area contributed by atoms with Crippen molar-refractivity contribution in [1.29, 1.82) is 0 Å². The van der Waals surface area contributed by atoms with E-state index >= 15 is 0 Å². The van der Waals surface area contributed by atoms with Gasteiger partial charge in [0.15, 0.2) is 0 Å². The van der Waals surface area contributed by atoms with Crippen LogP contribution >= 0.6 is 0 Å². The first-order valence-corrected chi connectivity index (χ1v) is 7.40. The summed E-state index contributed by atoms with van der Waals surface area (Å²) < 4.78 is 0. The van der Waals surface area contributed by atoms with Crippen LogP contribution in [0.1, 0.15) is 51.9 Å². The first-order valence-electron chi connectivity index (χ1n) is 7.40. The Morgan fingerprint density at radius 3 is 2.33 bits per heavy atom. The molecule has 0 aromatic carbocycles. The topological polar surface area (TPSA) is 116 Å². The fourth-order valence-electron chi connectivity index (χ4n) is 2.77. The van der Waals surface area contributed by atoms with Crippen LogP contribution in [0.4, 0.5) is 0 Å². The predicted octanol–water partition coefficient (Wildman–Crippen LogP) is 1.06. The third kappa shape index (κ3) is 6.12. The highest BCUT2D eigenvalue weighted by atomic mass is 16.5. The van der Waals surface area contributed by atoms with Crippen LogP contribution in [-0.2, 0) is 14.4 Å². The summed E-state index contributed by atoms with van der Waals surface area (Å²) in [6.45, 7) is 1.38. The van der Waals surface area contributed by atoms with E-state index in [1.54, 1.807) is 0 Å². The van der Waals surface area contributed by atoms with E-state index < -0.39 is 29.7 Å². The second-order valence-corrected chi connectivity index (χ2v) is 5.74. The van der Waals surface area contributed by atoms with Crippen molar-refractivity contribution >= 4 is 17.8 Å². The van der Waals surface area contributed by atoms with Gasteiger partial charge < -0.3 is 10.4 Å². The van der Waals surface area contributed by atoms with Crippen LogP contribution in [-0.4, -0.2) is 34.1 Å². The van der Waals surface area contributed by atoms with Crippen molar-refractivity contribution in [3.05, 3.63) is 0 Å². The van der Waals surface area contributed by atoms with Crippen molar-refractivity contribution in [3.8, 4) is 0 Å². The van der Waals surface area contributed by atoms with Gasteiger partial charge in [-0.2, -0.15) is 0 Å². The molecule has 1 aliphatic carbocycles. The summed E-state index contributed by atoms with van der Waals surface area (Å²) in [6.07, 6.45) is 5.91. The van der Waals surface area contributed by atoms with Gasteiger partial charge in [-0.25, -0.2) is 5.48 Å². The minimum atomic E-state index is -1.12. The molecule has 0 aromatic rings. The number of amides is 2. The summed E-state index contributed by atoms with van der Waals surface area (Å²) in [5.41, 5.74) is 1.53. The maximum absolute atomic E-state index is 12.1. The van der Waals surface area contributed by atoms with Crippen LogP contribution in [0.3, 0.4) is 0 Å². The Kier molecular flexibility index (Phi) is 7.14. The highest BCUT2D eigenvalue weighted by Crippen LogP contribution is 2.30.